The van der Waals surface area contributed by atoms with E-state index in [9.17, 15) is 4.79 Å². The average molecular weight is 291 g/mol. The van der Waals surface area contributed by atoms with Crippen molar-refractivity contribution in [3.63, 3.8) is 0 Å². The third-order valence-electron chi connectivity index (χ3n) is 4.89. The minimum absolute atomic E-state index is 0.318. The molecule has 0 bridgehead atoms. The van der Waals surface area contributed by atoms with Crippen LogP contribution in [0.1, 0.15) is 38.5 Å². The SMILES string of the molecule is CN1CCC[C@@H]1[C@@H]1CCCN1C(=O)CCCn1cncn1. The Labute approximate surface area is 126 Å². The van der Waals surface area contributed by atoms with Crippen molar-refractivity contribution in [3.8, 4) is 0 Å². The predicted molar refractivity (Wildman–Crippen MR) is 79.6 cm³/mol. The van der Waals surface area contributed by atoms with Gasteiger partial charge in [-0.2, -0.15) is 5.10 Å². The molecule has 0 aromatic carbocycles. The molecule has 2 aliphatic rings. The molecule has 3 rings (SSSR count). The van der Waals surface area contributed by atoms with Gasteiger partial charge < -0.3 is 9.80 Å². The first-order valence-electron chi connectivity index (χ1n) is 8.08. The Bertz CT molecular complexity index is 461. The number of hydrogen-bond acceptors (Lipinski definition) is 4. The van der Waals surface area contributed by atoms with Gasteiger partial charge in [0.1, 0.15) is 12.7 Å². The van der Waals surface area contributed by atoms with Crippen molar-refractivity contribution in [1.82, 2.24) is 24.6 Å². The van der Waals surface area contributed by atoms with E-state index in [0.717, 1.165) is 25.9 Å². The number of likely N-dealkylation sites (tertiary alicyclic amines) is 2. The summed E-state index contributed by atoms with van der Waals surface area (Å²) in [6.45, 7) is 2.89. The zero-order chi connectivity index (χ0) is 14.7. The highest BCUT2D eigenvalue weighted by atomic mass is 16.2. The Morgan fingerprint density at radius 2 is 2.05 bits per heavy atom. The zero-order valence-electron chi connectivity index (χ0n) is 12.8. The topological polar surface area (TPSA) is 54.3 Å². The summed E-state index contributed by atoms with van der Waals surface area (Å²) in [4.78, 5) is 21.0. The van der Waals surface area contributed by atoms with Gasteiger partial charge in [0.2, 0.25) is 5.91 Å². The molecule has 0 unspecified atom stereocenters. The second kappa shape index (κ2) is 6.56. The first kappa shape index (κ1) is 14.5. The van der Waals surface area contributed by atoms with Crippen LogP contribution in [0.15, 0.2) is 12.7 Å². The summed E-state index contributed by atoms with van der Waals surface area (Å²) in [7, 11) is 2.20. The van der Waals surface area contributed by atoms with Crippen LogP contribution in [0.3, 0.4) is 0 Å². The van der Waals surface area contributed by atoms with Gasteiger partial charge in [0.15, 0.2) is 0 Å². The van der Waals surface area contributed by atoms with Gasteiger partial charge in [0, 0.05) is 31.6 Å². The highest BCUT2D eigenvalue weighted by molar-refractivity contribution is 5.76. The van der Waals surface area contributed by atoms with Crippen molar-refractivity contribution < 1.29 is 4.79 Å². The highest BCUT2D eigenvalue weighted by Crippen LogP contribution is 2.29. The molecule has 1 aromatic rings. The minimum Gasteiger partial charge on any atom is -0.338 e. The van der Waals surface area contributed by atoms with Crippen molar-refractivity contribution in [1.29, 1.82) is 0 Å². The normalized spacial score (nSPS) is 26.6. The Morgan fingerprint density at radius 1 is 1.24 bits per heavy atom. The molecule has 0 radical (unpaired) electrons. The van der Waals surface area contributed by atoms with E-state index in [1.165, 1.54) is 32.1 Å². The smallest absolute Gasteiger partial charge is 0.222 e. The lowest BCUT2D eigenvalue weighted by atomic mass is 10.0. The van der Waals surface area contributed by atoms with E-state index in [4.69, 9.17) is 0 Å². The maximum absolute atomic E-state index is 12.5. The number of rotatable bonds is 5. The van der Waals surface area contributed by atoms with Crippen LogP contribution in [0.5, 0.6) is 0 Å². The molecule has 2 atom stereocenters. The lowest BCUT2D eigenvalue weighted by molar-refractivity contribution is -0.133. The van der Waals surface area contributed by atoms with E-state index in [1.807, 2.05) is 0 Å². The number of aryl methyl sites for hydroxylation is 1. The van der Waals surface area contributed by atoms with E-state index in [1.54, 1.807) is 11.0 Å². The monoisotopic (exact) mass is 291 g/mol. The second-order valence-corrected chi connectivity index (χ2v) is 6.25. The quantitative estimate of drug-likeness (QED) is 0.816. The van der Waals surface area contributed by atoms with Crippen molar-refractivity contribution in [3.05, 3.63) is 12.7 Å². The van der Waals surface area contributed by atoms with Gasteiger partial charge in [-0.1, -0.05) is 0 Å². The first-order chi connectivity index (χ1) is 10.3. The molecule has 0 saturated carbocycles. The fourth-order valence-electron chi connectivity index (χ4n) is 3.81. The van der Waals surface area contributed by atoms with E-state index in [2.05, 4.69) is 26.9 Å². The first-order valence-corrected chi connectivity index (χ1v) is 8.08. The van der Waals surface area contributed by atoms with Crippen molar-refractivity contribution in [2.45, 2.75) is 57.2 Å². The summed E-state index contributed by atoms with van der Waals surface area (Å²) >= 11 is 0. The lowest BCUT2D eigenvalue weighted by Gasteiger charge is -2.33. The molecule has 0 spiro atoms. The molecule has 2 saturated heterocycles. The van der Waals surface area contributed by atoms with Crippen molar-refractivity contribution in [2.75, 3.05) is 20.1 Å². The summed E-state index contributed by atoms with van der Waals surface area (Å²) < 4.78 is 1.79. The van der Waals surface area contributed by atoms with Crippen molar-refractivity contribution in [2.24, 2.45) is 0 Å². The van der Waals surface area contributed by atoms with E-state index in [0.29, 0.717) is 24.4 Å². The third-order valence-corrected chi connectivity index (χ3v) is 4.89. The van der Waals surface area contributed by atoms with E-state index < -0.39 is 0 Å². The Balaban J connectivity index is 1.51. The average Bonchev–Trinajstić information content (AvgIpc) is 3.18. The minimum atomic E-state index is 0.318. The van der Waals surface area contributed by atoms with Gasteiger partial charge in [-0.25, -0.2) is 4.98 Å². The summed E-state index contributed by atoms with van der Waals surface area (Å²) in [5.41, 5.74) is 0. The van der Waals surface area contributed by atoms with Crippen molar-refractivity contribution >= 4 is 5.91 Å². The molecular formula is C15H25N5O. The molecule has 116 valence electrons. The summed E-state index contributed by atoms with van der Waals surface area (Å²) in [6.07, 6.45) is 9.53. The molecule has 21 heavy (non-hydrogen) atoms. The van der Waals surface area contributed by atoms with Crippen LogP contribution in [-0.4, -0.2) is 62.7 Å². The van der Waals surface area contributed by atoms with Crippen LogP contribution < -0.4 is 0 Å². The summed E-state index contributed by atoms with van der Waals surface area (Å²) in [5.74, 6) is 0.318. The maximum atomic E-state index is 12.5. The van der Waals surface area contributed by atoms with Gasteiger partial charge in [-0.15, -0.1) is 0 Å². The van der Waals surface area contributed by atoms with Crippen LogP contribution >= 0.6 is 0 Å². The van der Waals surface area contributed by atoms with Crippen LogP contribution in [0.2, 0.25) is 0 Å². The maximum Gasteiger partial charge on any atom is 0.222 e. The van der Waals surface area contributed by atoms with Crippen LogP contribution in [0.4, 0.5) is 0 Å². The van der Waals surface area contributed by atoms with Gasteiger partial charge in [-0.3, -0.25) is 9.48 Å². The predicted octanol–water partition coefficient (Wildman–Crippen LogP) is 1.14. The second-order valence-electron chi connectivity index (χ2n) is 6.25. The molecule has 2 fully saturated rings. The molecule has 6 nitrogen and oxygen atoms in total. The number of nitrogens with zero attached hydrogens (tertiary/aromatic N) is 5. The molecule has 0 N–H and O–H groups in total. The fraction of sp³-hybridized carbons (Fsp3) is 0.800. The third kappa shape index (κ3) is 3.26. The largest absolute Gasteiger partial charge is 0.338 e. The number of hydrogen-bond donors (Lipinski definition) is 0. The Hall–Kier alpha value is -1.43. The molecule has 3 heterocycles. The molecule has 1 amide bonds. The number of carbonyl (C=O) groups is 1. The van der Waals surface area contributed by atoms with E-state index in [-0.39, 0.29) is 0 Å². The summed E-state index contributed by atoms with van der Waals surface area (Å²) in [6, 6.07) is 1.02. The van der Waals surface area contributed by atoms with E-state index >= 15 is 0 Å². The van der Waals surface area contributed by atoms with Gasteiger partial charge in [-0.05, 0) is 45.7 Å². The number of amides is 1. The fourth-order valence-corrected chi connectivity index (χ4v) is 3.81. The molecule has 0 aliphatic carbocycles. The lowest BCUT2D eigenvalue weighted by Crippen LogP contribution is -2.47. The van der Waals surface area contributed by atoms with Crippen LogP contribution in [0.25, 0.3) is 0 Å². The molecule has 6 heteroatoms. The standard InChI is InChI=1S/C15H25N5O/c1-18-8-2-5-13(18)14-6-3-10-20(14)15(21)7-4-9-19-12-16-11-17-19/h11-14H,2-10H2,1H3/t13-,14+/m1/s1. The molecular weight excluding hydrogens is 266 g/mol. The number of aromatic nitrogens is 3. The van der Waals surface area contributed by atoms with Gasteiger partial charge in [0.25, 0.3) is 0 Å². The van der Waals surface area contributed by atoms with Gasteiger partial charge in [0.05, 0.1) is 0 Å². The van der Waals surface area contributed by atoms with Crippen LogP contribution in [-0.2, 0) is 11.3 Å². The highest BCUT2D eigenvalue weighted by Gasteiger charge is 2.37. The summed E-state index contributed by atoms with van der Waals surface area (Å²) in [5, 5.41) is 4.07. The Morgan fingerprint density at radius 3 is 2.76 bits per heavy atom. The number of carbonyl (C=O) groups excluding carboxylic acids is 1. The molecule has 1 aromatic heterocycles. The Kier molecular flexibility index (Phi) is 4.53. The van der Waals surface area contributed by atoms with Gasteiger partial charge >= 0.3 is 0 Å². The molecule has 2 aliphatic heterocycles. The number of likely N-dealkylation sites (N-methyl/N-ethyl adjacent to an activating group) is 1. The van der Waals surface area contributed by atoms with Crippen LogP contribution in [0, 0.1) is 0 Å². The zero-order valence-corrected chi connectivity index (χ0v) is 12.8.